The number of piperidine rings is 1. The molecule has 0 aromatic heterocycles. The van der Waals surface area contributed by atoms with Gasteiger partial charge in [-0.05, 0) is 44.6 Å². The molecule has 2 rings (SSSR count). The van der Waals surface area contributed by atoms with Crippen molar-refractivity contribution in [3.63, 3.8) is 0 Å². The number of likely N-dealkylation sites (N-methyl/N-ethyl adjacent to an activating group) is 1. The molecule has 1 N–H and O–H groups in total. The van der Waals surface area contributed by atoms with Gasteiger partial charge in [0.2, 0.25) is 0 Å². The Morgan fingerprint density at radius 2 is 2.12 bits per heavy atom. The van der Waals surface area contributed by atoms with Crippen LogP contribution in [0.4, 0.5) is 4.79 Å². The summed E-state index contributed by atoms with van der Waals surface area (Å²) in [6.45, 7) is 2.13. The molecule has 0 saturated carbocycles. The van der Waals surface area contributed by atoms with Gasteiger partial charge in [0.05, 0.1) is 11.0 Å². The minimum Gasteiger partial charge on any atom is -0.337 e. The summed E-state index contributed by atoms with van der Waals surface area (Å²) in [7, 11) is 0.530. The smallest absolute Gasteiger partial charge is 0.317 e. The first-order valence-electron chi connectivity index (χ1n) is 8.41. The van der Waals surface area contributed by atoms with Crippen LogP contribution in [0.1, 0.15) is 18.4 Å². The number of carbonyl (C=O) groups is 1. The van der Waals surface area contributed by atoms with Crippen LogP contribution in [0.25, 0.3) is 0 Å². The van der Waals surface area contributed by atoms with E-state index in [0.29, 0.717) is 36.5 Å². The first-order valence-corrected chi connectivity index (χ1v) is 10.5. The standard InChI is InChI=1S/C17H26ClN3O3S.ClH/c1-20(2)10-8-19-17(22)21-9-4-7-16(12-21)25(23,24)13-14-5-3-6-15(18)11-14;/h3,5-6,11,16H,4,7-10,12-13H2,1-2H3,(H,19,22);1H. The second kappa shape index (κ2) is 10.3. The van der Waals surface area contributed by atoms with Gasteiger partial charge in [-0.3, -0.25) is 0 Å². The van der Waals surface area contributed by atoms with Gasteiger partial charge >= 0.3 is 6.03 Å². The van der Waals surface area contributed by atoms with Crippen LogP contribution in [0.15, 0.2) is 24.3 Å². The van der Waals surface area contributed by atoms with Crippen molar-refractivity contribution in [2.45, 2.75) is 23.8 Å². The molecule has 26 heavy (non-hydrogen) atoms. The number of benzene rings is 1. The summed E-state index contributed by atoms with van der Waals surface area (Å²) in [5, 5.41) is 2.84. The van der Waals surface area contributed by atoms with Crippen molar-refractivity contribution >= 4 is 39.9 Å². The van der Waals surface area contributed by atoms with Crippen LogP contribution < -0.4 is 5.32 Å². The van der Waals surface area contributed by atoms with Gasteiger partial charge in [-0.1, -0.05) is 23.7 Å². The Balaban J connectivity index is 0.00000338. The van der Waals surface area contributed by atoms with E-state index in [2.05, 4.69) is 5.32 Å². The highest BCUT2D eigenvalue weighted by Gasteiger charge is 2.32. The molecule has 6 nitrogen and oxygen atoms in total. The first-order chi connectivity index (χ1) is 11.8. The summed E-state index contributed by atoms with van der Waals surface area (Å²) in [5.74, 6) is -0.0473. The predicted octanol–water partition coefficient (Wildman–Crippen LogP) is 2.41. The van der Waals surface area contributed by atoms with Crippen molar-refractivity contribution in [2.75, 3.05) is 40.3 Å². The Morgan fingerprint density at radius 3 is 2.77 bits per heavy atom. The number of nitrogens with one attached hydrogen (secondary N) is 1. The fourth-order valence-electron chi connectivity index (χ4n) is 2.89. The van der Waals surface area contributed by atoms with Gasteiger partial charge in [-0.15, -0.1) is 12.4 Å². The quantitative estimate of drug-likeness (QED) is 0.762. The summed E-state index contributed by atoms with van der Waals surface area (Å²) in [6.07, 6.45) is 1.28. The Morgan fingerprint density at radius 1 is 1.38 bits per heavy atom. The van der Waals surface area contributed by atoms with Crippen molar-refractivity contribution in [3.8, 4) is 0 Å². The van der Waals surface area contributed by atoms with E-state index in [9.17, 15) is 13.2 Å². The molecule has 0 aliphatic carbocycles. The maximum atomic E-state index is 12.7. The number of nitrogens with zero attached hydrogens (tertiary/aromatic N) is 2. The average Bonchev–Trinajstić information content (AvgIpc) is 2.54. The van der Waals surface area contributed by atoms with Crippen molar-refractivity contribution in [3.05, 3.63) is 34.9 Å². The van der Waals surface area contributed by atoms with Crippen LogP contribution in [0.3, 0.4) is 0 Å². The van der Waals surface area contributed by atoms with Crippen molar-refractivity contribution < 1.29 is 13.2 Å². The lowest BCUT2D eigenvalue weighted by atomic mass is 10.1. The van der Waals surface area contributed by atoms with Crippen molar-refractivity contribution in [1.29, 1.82) is 0 Å². The molecule has 1 aliphatic heterocycles. The normalized spacial score (nSPS) is 17.7. The molecule has 1 aliphatic rings. The molecule has 1 atom stereocenters. The van der Waals surface area contributed by atoms with E-state index in [4.69, 9.17) is 11.6 Å². The zero-order valence-corrected chi connectivity index (χ0v) is 17.5. The molecule has 1 aromatic rings. The summed E-state index contributed by atoms with van der Waals surface area (Å²) in [5.41, 5.74) is 0.681. The molecule has 1 fully saturated rings. The zero-order chi connectivity index (χ0) is 18.4. The van der Waals surface area contributed by atoms with Gasteiger partial charge in [0.25, 0.3) is 0 Å². The molecular formula is C17H27Cl2N3O3S. The topological polar surface area (TPSA) is 69.7 Å². The van der Waals surface area contributed by atoms with E-state index in [1.807, 2.05) is 19.0 Å². The zero-order valence-electron chi connectivity index (χ0n) is 15.2. The van der Waals surface area contributed by atoms with Crippen LogP contribution in [0.2, 0.25) is 5.02 Å². The fourth-order valence-corrected chi connectivity index (χ4v) is 4.92. The third kappa shape index (κ3) is 6.95. The van der Waals surface area contributed by atoms with E-state index in [-0.39, 0.29) is 30.7 Å². The van der Waals surface area contributed by atoms with Crippen LogP contribution in [-0.2, 0) is 15.6 Å². The lowest BCUT2D eigenvalue weighted by molar-refractivity contribution is 0.186. The van der Waals surface area contributed by atoms with Crippen LogP contribution in [0, 0.1) is 0 Å². The number of hydrogen-bond donors (Lipinski definition) is 1. The van der Waals surface area contributed by atoms with Gasteiger partial charge in [0, 0.05) is 31.2 Å². The molecule has 2 amide bonds. The number of sulfone groups is 1. The predicted molar refractivity (Wildman–Crippen MR) is 108 cm³/mol. The third-order valence-corrected chi connectivity index (χ3v) is 6.64. The Hall–Kier alpha value is -1.02. The molecule has 0 bridgehead atoms. The van der Waals surface area contributed by atoms with E-state index < -0.39 is 15.1 Å². The number of likely N-dealkylation sites (tertiary alicyclic amines) is 1. The third-order valence-electron chi connectivity index (χ3n) is 4.27. The van der Waals surface area contributed by atoms with Crippen molar-refractivity contribution in [1.82, 2.24) is 15.1 Å². The first kappa shape index (κ1) is 23.0. The number of halogens is 2. The Kier molecular flexibility index (Phi) is 9.16. The molecule has 0 radical (unpaired) electrons. The monoisotopic (exact) mass is 423 g/mol. The van der Waals surface area contributed by atoms with Gasteiger partial charge in [-0.25, -0.2) is 13.2 Å². The molecule has 1 heterocycles. The van der Waals surface area contributed by atoms with Gasteiger partial charge < -0.3 is 15.1 Å². The molecule has 148 valence electrons. The molecule has 1 unspecified atom stereocenters. The molecule has 1 saturated heterocycles. The molecule has 0 spiro atoms. The van der Waals surface area contributed by atoms with Crippen LogP contribution in [-0.4, -0.2) is 69.8 Å². The second-order valence-corrected chi connectivity index (χ2v) is 9.40. The van der Waals surface area contributed by atoms with Crippen LogP contribution in [0.5, 0.6) is 0 Å². The summed E-state index contributed by atoms with van der Waals surface area (Å²) in [4.78, 5) is 15.8. The number of rotatable bonds is 6. The maximum Gasteiger partial charge on any atom is 0.317 e. The van der Waals surface area contributed by atoms with E-state index in [1.165, 1.54) is 0 Å². The molecular weight excluding hydrogens is 397 g/mol. The number of hydrogen-bond acceptors (Lipinski definition) is 4. The van der Waals surface area contributed by atoms with Gasteiger partial charge in [0.15, 0.2) is 9.84 Å². The highest BCUT2D eigenvalue weighted by molar-refractivity contribution is 7.91. The SMILES string of the molecule is CN(C)CCNC(=O)N1CCCC(S(=O)(=O)Cc2cccc(Cl)c2)C1.Cl. The summed E-state index contributed by atoms with van der Waals surface area (Å²) >= 11 is 5.94. The fraction of sp³-hybridized carbons (Fsp3) is 0.588. The van der Waals surface area contributed by atoms with Crippen molar-refractivity contribution in [2.24, 2.45) is 0 Å². The highest BCUT2D eigenvalue weighted by atomic mass is 35.5. The average molecular weight is 424 g/mol. The molecule has 1 aromatic carbocycles. The van der Waals surface area contributed by atoms with E-state index in [0.717, 1.165) is 6.54 Å². The summed E-state index contributed by atoms with van der Waals surface area (Å²) in [6, 6.07) is 6.71. The Bertz CT molecular complexity index is 698. The minimum absolute atomic E-state index is 0. The summed E-state index contributed by atoms with van der Waals surface area (Å²) < 4.78 is 25.5. The van der Waals surface area contributed by atoms with Crippen LogP contribution >= 0.6 is 24.0 Å². The molecule has 9 heteroatoms. The van der Waals surface area contributed by atoms with E-state index in [1.54, 1.807) is 29.2 Å². The number of amides is 2. The Labute approximate surface area is 167 Å². The maximum absolute atomic E-state index is 12.7. The van der Waals surface area contributed by atoms with E-state index >= 15 is 0 Å². The number of urea groups is 1. The lowest BCUT2D eigenvalue weighted by Gasteiger charge is -2.32. The number of carbonyl (C=O) groups excluding carboxylic acids is 1. The minimum atomic E-state index is -3.34. The van der Waals surface area contributed by atoms with Gasteiger partial charge in [0.1, 0.15) is 0 Å². The second-order valence-electron chi connectivity index (χ2n) is 6.68. The van der Waals surface area contributed by atoms with Gasteiger partial charge in [-0.2, -0.15) is 0 Å². The largest absolute Gasteiger partial charge is 0.337 e. The highest BCUT2D eigenvalue weighted by Crippen LogP contribution is 2.22. The lowest BCUT2D eigenvalue weighted by Crippen LogP contribution is -2.50.